The molecule has 1 aliphatic carbocycles. The molecule has 0 amide bonds. The average Bonchev–Trinajstić information content (AvgIpc) is 3.48. The van der Waals surface area contributed by atoms with E-state index < -0.39 is 11.9 Å². The molecule has 1 aliphatic rings. The Kier molecular flexibility index (Phi) is 4.45. The van der Waals surface area contributed by atoms with E-state index in [1.807, 2.05) is 0 Å². The van der Waals surface area contributed by atoms with Gasteiger partial charge in [-0.15, -0.1) is 28.5 Å². The molecule has 5 rings (SSSR count). The van der Waals surface area contributed by atoms with Crippen molar-refractivity contribution in [1.29, 1.82) is 0 Å². The molecule has 4 aromatic rings. The SMILES string of the molecule is O=c1c2cc(-c3ccc(OC(F)(F)F)cc3)ccc2nnn1Cc1nnc(C2CC2)o1. The predicted octanol–water partition coefficient (Wildman–Crippen LogP) is 3.67. The molecule has 0 unspecified atom stereocenters. The van der Waals surface area contributed by atoms with Gasteiger partial charge < -0.3 is 9.15 Å². The Morgan fingerprint density at radius 2 is 1.77 bits per heavy atom. The molecule has 0 bridgehead atoms. The maximum Gasteiger partial charge on any atom is 0.573 e. The molecule has 0 spiro atoms. The van der Waals surface area contributed by atoms with Crippen molar-refractivity contribution in [1.82, 2.24) is 25.2 Å². The van der Waals surface area contributed by atoms with Crippen molar-refractivity contribution in [3.63, 3.8) is 0 Å². The first-order chi connectivity index (χ1) is 14.9. The lowest BCUT2D eigenvalue weighted by Crippen LogP contribution is -2.25. The van der Waals surface area contributed by atoms with Crippen LogP contribution in [0.3, 0.4) is 0 Å². The Hall–Kier alpha value is -3.76. The van der Waals surface area contributed by atoms with Crippen LogP contribution in [0.5, 0.6) is 5.75 Å². The van der Waals surface area contributed by atoms with Crippen LogP contribution in [0.25, 0.3) is 22.0 Å². The summed E-state index contributed by atoms with van der Waals surface area (Å²) in [6, 6.07) is 10.3. The van der Waals surface area contributed by atoms with Gasteiger partial charge in [0.2, 0.25) is 11.8 Å². The van der Waals surface area contributed by atoms with Gasteiger partial charge in [-0.05, 0) is 48.2 Å². The second kappa shape index (κ2) is 7.18. The molecule has 2 heterocycles. The summed E-state index contributed by atoms with van der Waals surface area (Å²) in [5.41, 5.74) is 1.25. The summed E-state index contributed by atoms with van der Waals surface area (Å²) >= 11 is 0. The van der Waals surface area contributed by atoms with E-state index in [4.69, 9.17) is 4.42 Å². The van der Waals surface area contributed by atoms with E-state index in [9.17, 15) is 18.0 Å². The van der Waals surface area contributed by atoms with E-state index in [1.54, 1.807) is 18.2 Å². The summed E-state index contributed by atoms with van der Waals surface area (Å²) in [5.74, 6) is 0.817. The highest BCUT2D eigenvalue weighted by molar-refractivity contribution is 5.83. The number of ether oxygens (including phenoxy) is 1. The van der Waals surface area contributed by atoms with Crippen molar-refractivity contribution in [2.45, 2.75) is 31.7 Å². The Morgan fingerprint density at radius 1 is 1.03 bits per heavy atom. The van der Waals surface area contributed by atoms with Crippen molar-refractivity contribution < 1.29 is 22.3 Å². The summed E-state index contributed by atoms with van der Waals surface area (Å²) in [6.45, 7) is -0.00476. The Labute approximate surface area is 172 Å². The van der Waals surface area contributed by atoms with Gasteiger partial charge in [-0.2, -0.15) is 0 Å². The lowest BCUT2D eigenvalue weighted by molar-refractivity contribution is -0.274. The topological polar surface area (TPSA) is 95.9 Å². The lowest BCUT2D eigenvalue weighted by atomic mass is 10.0. The van der Waals surface area contributed by atoms with Crippen molar-refractivity contribution in [2.24, 2.45) is 0 Å². The normalized spacial score (nSPS) is 14.2. The van der Waals surface area contributed by atoms with Gasteiger partial charge in [-0.25, -0.2) is 4.68 Å². The fraction of sp³-hybridized carbons (Fsp3) is 0.250. The third kappa shape index (κ3) is 4.11. The molecule has 2 aromatic heterocycles. The standard InChI is InChI=1S/C20H14F3N5O3/c21-20(22,23)31-14-6-3-11(4-7-14)13-5-8-16-15(9-13)19(29)28(27-24-16)10-17-25-26-18(30-17)12-1-2-12/h3-9,12H,1-2,10H2. The van der Waals surface area contributed by atoms with Gasteiger partial charge in [-0.3, -0.25) is 4.79 Å². The number of aromatic nitrogens is 5. The van der Waals surface area contributed by atoms with Crippen LogP contribution in [0.1, 0.15) is 30.5 Å². The predicted molar refractivity (Wildman–Crippen MR) is 101 cm³/mol. The Balaban J connectivity index is 1.44. The lowest BCUT2D eigenvalue weighted by Gasteiger charge is -2.09. The van der Waals surface area contributed by atoms with Crippen molar-refractivity contribution in [2.75, 3.05) is 0 Å². The van der Waals surface area contributed by atoms with Crippen LogP contribution in [-0.4, -0.2) is 31.6 Å². The quantitative estimate of drug-likeness (QED) is 0.478. The van der Waals surface area contributed by atoms with E-state index >= 15 is 0 Å². The van der Waals surface area contributed by atoms with Crippen LogP contribution in [0.4, 0.5) is 13.2 Å². The number of hydrogen-bond acceptors (Lipinski definition) is 7. The van der Waals surface area contributed by atoms with Crippen LogP contribution in [0, 0.1) is 0 Å². The molecule has 8 nitrogen and oxygen atoms in total. The third-order valence-electron chi connectivity index (χ3n) is 4.84. The number of hydrogen-bond donors (Lipinski definition) is 0. The molecule has 1 fully saturated rings. The van der Waals surface area contributed by atoms with Gasteiger partial charge in [0.05, 0.1) is 5.39 Å². The second-order valence-corrected chi connectivity index (χ2v) is 7.16. The zero-order chi connectivity index (χ0) is 21.6. The third-order valence-corrected chi connectivity index (χ3v) is 4.84. The highest BCUT2D eigenvalue weighted by Gasteiger charge is 2.31. The van der Waals surface area contributed by atoms with Crippen molar-refractivity contribution >= 4 is 10.9 Å². The van der Waals surface area contributed by atoms with E-state index in [0.717, 1.165) is 17.5 Å². The first-order valence-electron chi connectivity index (χ1n) is 9.42. The van der Waals surface area contributed by atoms with Crippen LogP contribution in [0.15, 0.2) is 51.7 Å². The highest BCUT2D eigenvalue weighted by Crippen LogP contribution is 2.39. The van der Waals surface area contributed by atoms with Crippen LogP contribution >= 0.6 is 0 Å². The first-order valence-corrected chi connectivity index (χ1v) is 9.42. The van der Waals surface area contributed by atoms with E-state index in [0.29, 0.717) is 33.8 Å². The largest absolute Gasteiger partial charge is 0.573 e. The highest BCUT2D eigenvalue weighted by atomic mass is 19.4. The molecular weight excluding hydrogens is 415 g/mol. The summed E-state index contributed by atoms with van der Waals surface area (Å²) in [6.07, 6.45) is -2.72. The minimum absolute atomic E-state index is 0.00476. The molecule has 31 heavy (non-hydrogen) atoms. The van der Waals surface area contributed by atoms with Crippen molar-refractivity contribution in [3.05, 3.63) is 64.6 Å². The number of halogens is 3. The van der Waals surface area contributed by atoms with Gasteiger partial charge >= 0.3 is 6.36 Å². The number of benzene rings is 2. The zero-order valence-corrected chi connectivity index (χ0v) is 15.8. The smallest absolute Gasteiger partial charge is 0.423 e. The molecule has 0 atom stereocenters. The molecule has 0 saturated heterocycles. The molecular formula is C20H14F3N5O3. The maximum atomic E-state index is 12.9. The fourth-order valence-electron chi connectivity index (χ4n) is 3.16. The second-order valence-electron chi connectivity index (χ2n) is 7.16. The van der Waals surface area contributed by atoms with Gasteiger partial charge in [-0.1, -0.05) is 23.4 Å². The van der Waals surface area contributed by atoms with Gasteiger partial charge in [0.25, 0.3) is 5.56 Å². The Bertz CT molecular complexity index is 1310. The number of rotatable bonds is 5. The molecule has 158 valence electrons. The number of fused-ring (bicyclic) bond motifs is 1. The monoisotopic (exact) mass is 429 g/mol. The summed E-state index contributed by atoms with van der Waals surface area (Å²) < 4.78 is 47.6. The van der Waals surface area contributed by atoms with E-state index in [2.05, 4.69) is 25.2 Å². The molecule has 0 aliphatic heterocycles. The van der Waals surface area contributed by atoms with Gasteiger partial charge in [0.1, 0.15) is 17.8 Å². The molecule has 0 N–H and O–H groups in total. The average molecular weight is 429 g/mol. The minimum Gasteiger partial charge on any atom is -0.423 e. The van der Waals surface area contributed by atoms with Crippen LogP contribution < -0.4 is 10.3 Å². The zero-order valence-electron chi connectivity index (χ0n) is 15.8. The van der Waals surface area contributed by atoms with E-state index in [1.165, 1.54) is 24.3 Å². The number of nitrogens with zero attached hydrogens (tertiary/aromatic N) is 5. The summed E-state index contributed by atoms with van der Waals surface area (Å²) in [4.78, 5) is 12.9. The summed E-state index contributed by atoms with van der Waals surface area (Å²) in [5, 5.41) is 16.2. The molecule has 11 heteroatoms. The molecule has 2 aromatic carbocycles. The number of alkyl halides is 3. The molecule has 1 saturated carbocycles. The van der Waals surface area contributed by atoms with Gasteiger partial charge in [0, 0.05) is 5.92 Å². The van der Waals surface area contributed by atoms with Gasteiger partial charge in [0.15, 0.2) is 0 Å². The van der Waals surface area contributed by atoms with E-state index in [-0.39, 0.29) is 18.2 Å². The van der Waals surface area contributed by atoms with Crippen LogP contribution in [-0.2, 0) is 6.54 Å². The minimum atomic E-state index is -4.76. The van der Waals surface area contributed by atoms with Crippen molar-refractivity contribution in [3.8, 4) is 16.9 Å². The summed E-state index contributed by atoms with van der Waals surface area (Å²) in [7, 11) is 0. The maximum absolute atomic E-state index is 12.9. The van der Waals surface area contributed by atoms with Crippen LogP contribution in [0.2, 0.25) is 0 Å². The first kappa shape index (κ1) is 19.2. The molecule has 0 radical (unpaired) electrons. The fourth-order valence-corrected chi connectivity index (χ4v) is 3.16. The Morgan fingerprint density at radius 3 is 2.48 bits per heavy atom.